The lowest BCUT2D eigenvalue weighted by atomic mass is 10.1. The first-order valence-electron chi connectivity index (χ1n) is 7.62. The molecule has 1 aliphatic rings. The number of methoxy groups -OCH3 is 1. The van der Waals surface area contributed by atoms with Crippen LogP contribution < -0.4 is 9.47 Å². The van der Waals surface area contributed by atoms with Crippen molar-refractivity contribution in [1.29, 1.82) is 0 Å². The first-order chi connectivity index (χ1) is 12.5. The molecule has 0 saturated carbocycles. The Labute approximate surface area is 158 Å². The number of carbonyl (C=O) groups excluding carboxylic acids is 2. The summed E-state index contributed by atoms with van der Waals surface area (Å²) in [5.41, 5.74) is 1.44. The van der Waals surface area contributed by atoms with Crippen molar-refractivity contribution in [2.45, 2.75) is 6.92 Å². The lowest BCUT2D eigenvalue weighted by Gasteiger charge is -2.08. The first kappa shape index (κ1) is 17.9. The number of aliphatic imine (C=N–C) groups is 1. The summed E-state index contributed by atoms with van der Waals surface area (Å²) in [6, 6.07) is 12.3. The lowest BCUT2D eigenvalue weighted by molar-refractivity contribution is -0.132. The molecule has 0 saturated heterocycles. The third-order valence-electron chi connectivity index (χ3n) is 3.47. The Balaban J connectivity index is 1.96. The Bertz CT molecular complexity index is 949. The van der Waals surface area contributed by atoms with Crippen molar-refractivity contribution in [3.05, 3.63) is 63.8 Å². The number of carbonyl (C=O) groups is 2. The van der Waals surface area contributed by atoms with Crippen LogP contribution in [-0.2, 0) is 14.3 Å². The molecule has 0 spiro atoms. The van der Waals surface area contributed by atoms with Crippen LogP contribution in [-0.4, -0.2) is 24.9 Å². The Hall–Kier alpha value is -2.93. The highest BCUT2D eigenvalue weighted by molar-refractivity contribution is 9.10. The first-order valence-corrected chi connectivity index (χ1v) is 8.41. The Morgan fingerprint density at radius 1 is 1.19 bits per heavy atom. The van der Waals surface area contributed by atoms with Crippen LogP contribution in [0.15, 0.2) is 57.6 Å². The van der Waals surface area contributed by atoms with Gasteiger partial charge in [-0.1, -0.05) is 18.2 Å². The molecule has 3 rings (SSSR count). The molecule has 0 aromatic heterocycles. The molecule has 0 N–H and O–H groups in total. The van der Waals surface area contributed by atoms with Gasteiger partial charge in [-0.2, -0.15) is 0 Å². The number of benzene rings is 2. The number of cyclic esters (lactones) is 1. The number of ether oxygens (including phenoxy) is 3. The fraction of sp³-hybridized carbons (Fsp3) is 0.105. The number of halogens is 1. The molecule has 6 nitrogen and oxygen atoms in total. The molecule has 0 atom stereocenters. The van der Waals surface area contributed by atoms with E-state index < -0.39 is 11.9 Å². The van der Waals surface area contributed by atoms with Crippen LogP contribution in [0.1, 0.15) is 18.1 Å². The van der Waals surface area contributed by atoms with Gasteiger partial charge in [-0.3, -0.25) is 4.79 Å². The molecule has 0 aliphatic carbocycles. The van der Waals surface area contributed by atoms with E-state index in [0.717, 1.165) is 4.47 Å². The number of hydrogen-bond acceptors (Lipinski definition) is 6. The number of rotatable bonds is 4. The van der Waals surface area contributed by atoms with Crippen LogP contribution in [0.2, 0.25) is 0 Å². The summed E-state index contributed by atoms with van der Waals surface area (Å²) < 4.78 is 16.3. The van der Waals surface area contributed by atoms with Crippen molar-refractivity contribution >= 4 is 39.8 Å². The van der Waals surface area contributed by atoms with Crippen molar-refractivity contribution in [2.75, 3.05) is 7.11 Å². The van der Waals surface area contributed by atoms with Crippen molar-refractivity contribution < 1.29 is 23.8 Å². The SMILES string of the molecule is COc1ccc(/C=C2\N=C(c3ccccc3Br)OC2=O)cc1OC(C)=O. The molecule has 0 bridgehead atoms. The Morgan fingerprint density at radius 2 is 1.96 bits per heavy atom. The van der Waals surface area contributed by atoms with Gasteiger partial charge in [0.1, 0.15) is 0 Å². The maximum atomic E-state index is 12.1. The average molecular weight is 416 g/mol. The summed E-state index contributed by atoms with van der Waals surface area (Å²) in [5.74, 6) is -0.129. The Kier molecular flexibility index (Phi) is 5.18. The summed E-state index contributed by atoms with van der Waals surface area (Å²) in [5, 5.41) is 0. The third-order valence-corrected chi connectivity index (χ3v) is 4.16. The molecule has 26 heavy (non-hydrogen) atoms. The summed E-state index contributed by atoms with van der Waals surface area (Å²) >= 11 is 3.41. The predicted molar refractivity (Wildman–Crippen MR) is 99.1 cm³/mol. The minimum Gasteiger partial charge on any atom is -0.493 e. The van der Waals surface area contributed by atoms with E-state index in [2.05, 4.69) is 20.9 Å². The van der Waals surface area contributed by atoms with Crippen molar-refractivity contribution in [3.63, 3.8) is 0 Å². The molecular formula is C19H14BrNO5. The quantitative estimate of drug-likeness (QED) is 0.432. The second kappa shape index (κ2) is 7.53. The fourth-order valence-corrected chi connectivity index (χ4v) is 2.79. The topological polar surface area (TPSA) is 74.2 Å². The molecular weight excluding hydrogens is 402 g/mol. The highest BCUT2D eigenvalue weighted by Crippen LogP contribution is 2.30. The van der Waals surface area contributed by atoms with Crippen LogP contribution in [0.3, 0.4) is 0 Å². The van der Waals surface area contributed by atoms with Gasteiger partial charge in [-0.15, -0.1) is 0 Å². The van der Waals surface area contributed by atoms with E-state index in [4.69, 9.17) is 14.2 Å². The molecule has 0 amide bonds. The van der Waals surface area contributed by atoms with E-state index in [1.165, 1.54) is 14.0 Å². The number of nitrogens with zero attached hydrogens (tertiary/aromatic N) is 1. The van der Waals surface area contributed by atoms with Gasteiger partial charge in [-0.25, -0.2) is 9.79 Å². The minimum absolute atomic E-state index is 0.148. The molecule has 1 heterocycles. The largest absolute Gasteiger partial charge is 0.493 e. The zero-order valence-corrected chi connectivity index (χ0v) is 15.6. The minimum atomic E-state index is -0.555. The van der Waals surface area contributed by atoms with Gasteiger partial charge in [0.15, 0.2) is 17.2 Å². The fourth-order valence-electron chi connectivity index (χ4n) is 2.33. The zero-order chi connectivity index (χ0) is 18.7. The van der Waals surface area contributed by atoms with Gasteiger partial charge < -0.3 is 14.2 Å². The Morgan fingerprint density at radius 3 is 2.65 bits per heavy atom. The van der Waals surface area contributed by atoms with Gasteiger partial charge in [0.2, 0.25) is 5.90 Å². The van der Waals surface area contributed by atoms with E-state index in [0.29, 0.717) is 16.9 Å². The van der Waals surface area contributed by atoms with E-state index in [1.54, 1.807) is 30.3 Å². The summed E-state index contributed by atoms with van der Waals surface area (Å²) in [7, 11) is 1.48. The van der Waals surface area contributed by atoms with Crippen LogP contribution in [0.25, 0.3) is 6.08 Å². The normalized spacial score (nSPS) is 14.8. The van der Waals surface area contributed by atoms with E-state index in [-0.39, 0.29) is 17.3 Å². The summed E-state index contributed by atoms with van der Waals surface area (Å²) in [6.07, 6.45) is 1.55. The van der Waals surface area contributed by atoms with Crippen LogP contribution in [0.4, 0.5) is 0 Å². The lowest BCUT2D eigenvalue weighted by Crippen LogP contribution is -2.06. The third kappa shape index (κ3) is 3.83. The van der Waals surface area contributed by atoms with Gasteiger partial charge in [-0.05, 0) is 51.8 Å². The maximum absolute atomic E-state index is 12.1. The predicted octanol–water partition coefficient (Wildman–Crippen LogP) is 3.73. The van der Waals surface area contributed by atoms with E-state index in [1.807, 2.05) is 18.2 Å². The van der Waals surface area contributed by atoms with Crippen molar-refractivity contribution in [3.8, 4) is 11.5 Å². The molecule has 132 valence electrons. The number of esters is 2. The van der Waals surface area contributed by atoms with Gasteiger partial charge in [0, 0.05) is 11.4 Å². The maximum Gasteiger partial charge on any atom is 0.363 e. The molecule has 0 fully saturated rings. The molecule has 1 aliphatic heterocycles. The second-order valence-electron chi connectivity index (χ2n) is 5.32. The summed E-state index contributed by atoms with van der Waals surface area (Å²) in [6.45, 7) is 1.30. The second-order valence-corrected chi connectivity index (χ2v) is 6.17. The monoisotopic (exact) mass is 415 g/mol. The standard InChI is InChI=1S/C19H14BrNO5/c1-11(22)25-17-10-12(7-8-16(17)24-2)9-15-19(23)26-18(21-15)13-5-3-4-6-14(13)20/h3-10H,1-2H3/b15-9-. The smallest absolute Gasteiger partial charge is 0.363 e. The van der Waals surface area contributed by atoms with E-state index in [9.17, 15) is 9.59 Å². The van der Waals surface area contributed by atoms with Gasteiger partial charge in [0.05, 0.1) is 12.7 Å². The highest BCUT2D eigenvalue weighted by atomic mass is 79.9. The van der Waals surface area contributed by atoms with Crippen molar-refractivity contribution in [2.24, 2.45) is 4.99 Å². The van der Waals surface area contributed by atoms with E-state index >= 15 is 0 Å². The van der Waals surface area contributed by atoms with Crippen LogP contribution in [0, 0.1) is 0 Å². The van der Waals surface area contributed by atoms with Gasteiger partial charge in [0.25, 0.3) is 0 Å². The number of hydrogen-bond donors (Lipinski definition) is 0. The molecule has 0 radical (unpaired) electrons. The molecule has 7 heteroatoms. The van der Waals surface area contributed by atoms with Crippen LogP contribution in [0.5, 0.6) is 11.5 Å². The highest BCUT2D eigenvalue weighted by Gasteiger charge is 2.25. The molecule has 2 aromatic rings. The average Bonchev–Trinajstić information content (AvgIpc) is 2.95. The molecule has 2 aromatic carbocycles. The zero-order valence-electron chi connectivity index (χ0n) is 14.0. The van der Waals surface area contributed by atoms with Crippen LogP contribution >= 0.6 is 15.9 Å². The van der Waals surface area contributed by atoms with Gasteiger partial charge >= 0.3 is 11.9 Å². The molecule has 0 unspecified atom stereocenters. The van der Waals surface area contributed by atoms with Crippen molar-refractivity contribution in [1.82, 2.24) is 0 Å². The summed E-state index contributed by atoms with van der Waals surface area (Å²) in [4.78, 5) is 27.6.